The Hall–Kier alpha value is -4.46. The first kappa shape index (κ1) is 22.3. The van der Waals surface area contributed by atoms with Gasteiger partial charge in [-0.25, -0.2) is 13.9 Å². The Morgan fingerprint density at radius 1 is 0.857 bits per heavy atom. The van der Waals surface area contributed by atoms with Gasteiger partial charge in [0.1, 0.15) is 6.54 Å². The van der Waals surface area contributed by atoms with Gasteiger partial charge in [0.05, 0.1) is 17.4 Å². The second kappa shape index (κ2) is 9.06. The first-order chi connectivity index (χ1) is 16.9. The molecule has 8 heteroatoms. The van der Waals surface area contributed by atoms with Crippen LogP contribution in [0, 0.1) is 13.8 Å². The van der Waals surface area contributed by atoms with Gasteiger partial charge in [-0.15, -0.1) is 5.10 Å². The molecule has 0 bridgehead atoms. The third-order valence-corrected chi connectivity index (χ3v) is 6.05. The van der Waals surface area contributed by atoms with E-state index in [1.807, 2.05) is 62.4 Å². The van der Waals surface area contributed by atoms with E-state index in [1.54, 1.807) is 24.3 Å². The van der Waals surface area contributed by atoms with Gasteiger partial charge in [-0.2, -0.15) is 0 Å². The molecule has 176 valence electrons. The number of hydrogen-bond acceptors (Lipinski definition) is 4. The predicted octanol–water partition coefficient (Wildman–Crippen LogP) is 2.79. The zero-order chi connectivity index (χ0) is 24.5. The number of carbonyl (C=O) groups is 1. The van der Waals surface area contributed by atoms with Crippen LogP contribution in [-0.4, -0.2) is 24.7 Å². The highest BCUT2D eigenvalue weighted by atomic mass is 16.2. The van der Waals surface area contributed by atoms with Gasteiger partial charge in [-0.05, 0) is 37.1 Å². The third-order valence-electron chi connectivity index (χ3n) is 6.05. The second-order valence-corrected chi connectivity index (χ2v) is 8.73. The summed E-state index contributed by atoms with van der Waals surface area (Å²) in [5, 5.41) is 7.66. The van der Waals surface area contributed by atoms with Crippen LogP contribution in [0.1, 0.15) is 22.3 Å². The maximum absolute atomic E-state index is 13.4. The number of hydrogen-bond donors (Lipinski definition) is 1. The van der Waals surface area contributed by atoms with Gasteiger partial charge in [-0.1, -0.05) is 71.8 Å². The van der Waals surface area contributed by atoms with Crippen molar-refractivity contribution in [3.8, 4) is 0 Å². The van der Waals surface area contributed by atoms with Crippen molar-refractivity contribution in [2.75, 3.05) is 0 Å². The molecule has 0 aliphatic carbocycles. The fourth-order valence-corrected chi connectivity index (χ4v) is 4.09. The Morgan fingerprint density at radius 2 is 1.49 bits per heavy atom. The van der Waals surface area contributed by atoms with Crippen molar-refractivity contribution < 1.29 is 4.79 Å². The molecule has 0 saturated heterocycles. The molecule has 0 spiro atoms. The Bertz CT molecular complexity index is 1660. The number of nitrogens with one attached hydrogen (secondary N) is 1. The maximum atomic E-state index is 13.4. The molecule has 3 aromatic carbocycles. The molecular weight excluding hydrogens is 442 g/mol. The molecule has 35 heavy (non-hydrogen) atoms. The topological polar surface area (TPSA) is 90.4 Å². The Labute approximate surface area is 201 Å². The number of amides is 1. The SMILES string of the molecule is Cc1ccc(CNC(=O)Cn2nc3n(Cc4ccc(C)cc4)c(=O)c4ccccc4n3c2=O)cc1. The monoisotopic (exact) mass is 467 g/mol. The summed E-state index contributed by atoms with van der Waals surface area (Å²) in [6.07, 6.45) is 0. The molecule has 0 aliphatic rings. The average molecular weight is 468 g/mol. The normalized spacial score (nSPS) is 11.3. The van der Waals surface area contributed by atoms with Crippen LogP contribution in [0.2, 0.25) is 0 Å². The lowest BCUT2D eigenvalue weighted by Crippen LogP contribution is -2.32. The van der Waals surface area contributed by atoms with Gasteiger partial charge in [-0.3, -0.25) is 14.2 Å². The molecule has 1 N–H and O–H groups in total. The van der Waals surface area contributed by atoms with Crippen LogP contribution in [0.5, 0.6) is 0 Å². The number of nitrogens with zero attached hydrogens (tertiary/aromatic N) is 4. The van der Waals surface area contributed by atoms with E-state index in [0.717, 1.165) is 26.9 Å². The molecule has 0 fully saturated rings. The van der Waals surface area contributed by atoms with Crippen LogP contribution in [0.4, 0.5) is 0 Å². The first-order valence-electron chi connectivity index (χ1n) is 11.4. The van der Waals surface area contributed by atoms with Gasteiger partial charge in [0.25, 0.3) is 5.56 Å². The van der Waals surface area contributed by atoms with Crippen molar-refractivity contribution in [1.29, 1.82) is 0 Å². The van der Waals surface area contributed by atoms with Gasteiger partial charge < -0.3 is 5.32 Å². The lowest BCUT2D eigenvalue weighted by atomic mass is 10.1. The van der Waals surface area contributed by atoms with E-state index in [-0.39, 0.29) is 30.3 Å². The summed E-state index contributed by atoms with van der Waals surface area (Å²) in [4.78, 5) is 39.3. The van der Waals surface area contributed by atoms with Crippen LogP contribution in [0.3, 0.4) is 0 Å². The largest absolute Gasteiger partial charge is 0.352 e. The summed E-state index contributed by atoms with van der Waals surface area (Å²) in [5.41, 5.74) is 3.87. The average Bonchev–Trinajstić information content (AvgIpc) is 3.18. The van der Waals surface area contributed by atoms with E-state index in [2.05, 4.69) is 10.4 Å². The molecule has 2 heterocycles. The van der Waals surface area contributed by atoms with E-state index in [4.69, 9.17) is 0 Å². The fourth-order valence-electron chi connectivity index (χ4n) is 4.09. The van der Waals surface area contributed by atoms with Crippen molar-refractivity contribution in [3.05, 3.63) is 116 Å². The second-order valence-electron chi connectivity index (χ2n) is 8.73. The Morgan fingerprint density at radius 3 is 2.17 bits per heavy atom. The molecule has 2 aromatic heterocycles. The molecule has 1 amide bonds. The number of aromatic nitrogens is 4. The summed E-state index contributed by atoms with van der Waals surface area (Å²) < 4.78 is 3.99. The Balaban J connectivity index is 1.53. The van der Waals surface area contributed by atoms with E-state index in [9.17, 15) is 14.4 Å². The Kier molecular flexibility index (Phi) is 5.78. The highest BCUT2D eigenvalue weighted by molar-refractivity contribution is 5.80. The molecule has 0 aliphatic heterocycles. The third kappa shape index (κ3) is 4.38. The van der Waals surface area contributed by atoms with E-state index in [0.29, 0.717) is 17.4 Å². The number of rotatable bonds is 6. The highest BCUT2D eigenvalue weighted by Gasteiger charge is 2.18. The van der Waals surface area contributed by atoms with Crippen LogP contribution in [-0.2, 0) is 24.4 Å². The van der Waals surface area contributed by atoms with E-state index in [1.165, 1.54) is 8.97 Å². The van der Waals surface area contributed by atoms with Crippen molar-refractivity contribution >= 4 is 22.6 Å². The zero-order valence-electron chi connectivity index (χ0n) is 19.6. The van der Waals surface area contributed by atoms with Crippen LogP contribution >= 0.6 is 0 Å². The number of benzene rings is 3. The molecule has 8 nitrogen and oxygen atoms in total. The lowest BCUT2D eigenvalue weighted by molar-refractivity contribution is -0.122. The summed E-state index contributed by atoms with van der Waals surface area (Å²) in [6.45, 7) is 4.35. The van der Waals surface area contributed by atoms with E-state index < -0.39 is 5.69 Å². The zero-order valence-corrected chi connectivity index (χ0v) is 19.6. The summed E-state index contributed by atoms with van der Waals surface area (Å²) >= 11 is 0. The number of para-hydroxylation sites is 1. The van der Waals surface area contributed by atoms with Gasteiger partial charge >= 0.3 is 5.69 Å². The summed E-state index contributed by atoms with van der Waals surface area (Å²) in [5.74, 6) is -0.140. The smallest absolute Gasteiger partial charge is 0.350 e. The van der Waals surface area contributed by atoms with Crippen molar-refractivity contribution in [3.63, 3.8) is 0 Å². The quantitative estimate of drug-likeness (QED) is 0.416. The molecular formula is C27H25N5O3. The fraction of sp³-hybridized carbons (Fsp3) is 0.185. The molecule has 0 saturated carbocycles. The molecule has 0 atom stereocenters. The number of aryl methyl sites for hydroxylation is 2. The molecule has 5 aromatic rings. The van der Waals surface area contributed by atoms with Crippen LogP contribution in [0.15, 0.2) is 82.4 Å². The standard InChI is InChI=1S/C27H25N5O3/c1-18-7-11-20(12-8-18)15-28-24(33)17-31-27(35)32-23-6-4-3-5-22(23)25(34)30(26(32)29-31)16-21-13-9-19(2)10-14-21/h3-14H,15-17H2,1-2H3,(H,28,33). The number of carbonyl (C=O) groups excluding carboxylic acids is 1. The van der Waals surface area contributed by atoms with Crippen molar-refractivity contribution in [1.82, 2.24) is 24.1 Å². The lowest BCUT2D eigenvalue weighted by Gasteiger charge is -2.10. The summed E-state index contributed by atoms with van der Waals surface area (Å²) in [7, 11) is 0. The predicted molar refractivity (Wildman–Crippen MR) is 135 cm³/mol. The molecule has 5 rings (SSSR count). The van der Waals surface area contributed by atoms with Gasteiger partial charge in [0, 0.05) is 6.54 Å². The van der Waals surface area contributed by atoms with E-state index >= 15 is 0 Å². The van der Waals surface area contributed by atoms with Crippen molar-refractivity contribution in [2.24, 2.45) is 0 Å². The highest BCUT2D eigenvalue weighted by Crippen LogP contribution is 2.13. The minimum absolute atomic E-state index is 0.200. The molecule has 0 radical (unpaired) electrons. The van der Waals surface area contributed by atoms with Gasteiger partial charge in [0.15, 0.2) is 0 Å². The van der Waals surface area contributed by atoms with Crippen LogP contribution < -0.4 is 16.6 Å². The molecule has 0 unspecified atom stereocenters. The minimum Gasteiger partial charge on any atom is -0.350 e. The van der Waals surface area contributed by atoms with Gasteiger partial charge in [0.2, 0.25) is 11.7 Å². The number of fused-ring (bicyclic) bond motifs is 3. The van der Waals surface area contributed by atoms with Crippen molar-refractivity contribution in [2.45, 2.75) is 33.5 Å². The first-order valence-corrected chi connectivity index (χ1v) is 11.4. The summed E-state index contributed by atoms with van der Waals surface area (Å²) in [6, 6.07) is 22.6. The minimum atomic E-state index is -0.473. The maximum Gasteiger partial charge on any atom is 0.352 e. The van der Waals surface area contributed by atoms with Crippen LogP contribution in [0.25, 0.3) is 16.7 Å².